The van der Waals surface area contributed by atoms with Crippen molar-refractivity contribution in [2.45, 2.75) is 82.6 Å². The quantitative estimate of drug-likeness (QED) is 0.302. The number of rotatable bonds is 8. The van der Waals surface area contributed by atoms with E-state index in [2.05, 4.69) is 9.89 Å². The maximum absolute atomic E-state index is 13.8. The maximum Gasteiger partial charge on any atom is 0.573 e. The second-order valence-electron chi connectivity index (χ2n) is 12.2. The average molecular weight is 612 g/mol. The normalized spacial score (nSPS) is 22.8. The zero-order valence-electron chi connectivity index (χ0n) is 23.9. The van der Waals surface area contributed by atoms with Crippen LogP contribution in [0.2, 0.25) is 0 Å². The van der Waals surface area contributed by atoms with Crippen molar-refractivity contribution in [2.24, 2.45) is 5.92 Å². The highest BCUT2D eigenvalue weighted by molar-refractivity contribution is 5.88. The van der Waals surface area contributed by atoms with Gasteiger partial charge in [0, 0.05) is 48.1 Å². The molecular formula is C32H32F3N3O6. The van der Waals surface area contributed by atoms with E-state index < -0.39 is 12.3 Å². The van der Waals surface area contributed by atoms with Gasteiger partial charge in [0.15, 0.2) is 0 Å². The third-order valence-corrected chi connectivity index (χ3v) is 9.34. The fourth-order valence-electron chi connectivity index (χ4n) is 7.10. The highest BCUT2D eigenvalue weighted by Crippen LogP contribution is 2.46. The van der Waals surface area contributed by atoms with Gasteiger partial charge in [0.2, 0.25) is 0 Å². The number of alkyl halides is 3. The number of hydrogen-bond acceptors (Lipinski definition) is 6. The van der Waals surface area contributed by atoms with Crippen molar-refractivity contribution in [3.63, 3.8) is 0 Å². The largest absolute Gasteiger partial charge is 0.573 e. The Hall–Kier alpha value is -4.06. The van der Waals surface area contributed by atoms with Crippen LogP contribution in [-0.4, -0.2) is 57.1 Å². The van der Waals surface area contributed by atoms with Gasteiger partial charge in [-0.2, -0.15) is 0 Å². The Morgan fingerprint density at radius 2 is 1.77 bits per heavy atom. The molecule has 4 aliphatic rings. The molecule has 2 aromatic carbocycles. The summed E-state index contributed by atoms with van der Waals surface area (Å²) in [6.07, 6.45) is 0.575. The van der Waals surface area contributed by atoms with E-state index in [0.29, 0.717) is 31.0 Å². The fourth-order valence-corrected chi connectivity index (χ4v) is 7.10. The van der Waals surface area contributed by atoms with Gasteiger partial charge in [-0.15, -0.1) is 13.2 Å². The van der Waals surface area contributed by atoms with Gasteiger partial charge >= 0.3 is 18.4 Å². The number of nitrogens with zero attached hydrogens (tertiary/aromatic N) is 3. The minimum atomic E-state index is -4.85. The lowest BCUT2D eigenvalue weighted by atomic mass is 9.91. The molecule has 0 spiro atoms. The zero-order chi connectivity index (χ0) is 30.6. The number of piperidine rings is 1. The molecule has 3 fully saturated rings. The number of carbonyl (C=O) groups is 2. The molecule has 1 N–H and O–H groups in total. The monoisotopic (exact) mass is 611 g/mol. The van der Waals surface area contributed by atoms with Gasteiger partial charge in [-0.05, 0) is 73.9 Å². The van der Waals surface area contributed by atoms with E-state index in [0.717, 1.165) is 49.7 Å². The van der Waals surface area contributed by atoms with Crippen LogP contribution in [0.4, 0.5) is 18.0 Å². The van der Waals surface area contributed by atoms with Gasteiger partial charge in [0.1, 0.15) is 17.2 Å². The van der Waals surface area contributed by atoms with Crippen LogP contribution < -0.4 is 4.74 Å². The summed E-state index contributed by atoms with van der Waals surface area (Å²) in [5, 5.41) is 13.5. The Labute approximate surface area is 251 Å². The van der Waals surface area contributed by atoms with Crippen LogP contribution in [0.1, 0.15) is 77.3 Å². The van der Waals surface area contributed by atoms with Crippen LogP contribution in [0.3, 0.4) is 0 Å². The van der Waals surface area contributed by atoms with Gasteiger partial charge in [0.25, 0.3) is 0 Å². The molecule has 44 heavy (non-hydrogen) atoms. The Kier molecular flexibility index (Phi) is 7.26. The minimum Gasteiger partial charge on any atom is -0.478 e. The van der Waals surface area contributed by atoms with Crippen molar-refractivity contribution in [3.8, 4) is 17.0 Å². The van der Waals surface area contributed by atoms with E-state index in [1.807, 2.05) is 4.90 Å². The number of carboxylic acid groups (broad SMARTS) is 1. The lowest BCUT2D eigenvalue weighted by Crippen LogP contribution is -2.53. The van der Waals surface area contributed by atoms with E-state index in [1.165, 1.54) is 18.2 Å². The van der Waals surface area contributed by atoms with Crippen molar-refractivity contribution in [2.75, 3.05) is 6.61 Å². The standard InChI is InChI=1S/C32H32F3N3O6/c33-32(34,35)43-27-4-2-1-3-24(27)28-25(29(44-36-28)18-5-6-18)17-42-16-21-9-10-23-11-12-26(21)38(23)31(41)37-14-20-8-7-19(30(39)40)13-22(20)15-37/h1-4,7-8,13,18,21,23,26H,5-6,9-12,14-17H2,(H,39,40). The summed E-state index contributed by atoms with van der Waals surface area (Å²) in [5.74, 6) is -0.424. The SMILES string of the molecule is O=C(O)c1ccc2c(c1)CN(C(=O)N1C3CCC(COCc4c(-c5ccccc5OC(F)(F)F)noc4C4CC4)C1CC3)C2. The Balaban J connectivity index is 1.04. The Bertz CT molecular complexity index is 1590. The summed E-state index contributed by atoms with van der Waals surface area (Å²) in [6.45, 7) is 1.34. The number of amides is 2. The number of benzene rings is 2. The van der Waals surface area contributed by atoms with E-state index in [9.17, 15) is 27.9 Å². The van der Waals surface area contributed by atoms with E-state index in [-0.39, 0.29) is 59.1 Å². The van der Waals surface area contributed by atoms with E-state index >= 15 is 0 Å². The van der Waals surface area contributed by atoms with Crippen LogP contribution in [0.5, 0.6) is 5.75 Å². The first-order valence-electron chi connectivity index (χ1n) is 15.0. The molecule has 3 atom stereocenters. The molecule has 2 saturated heterocycles. The number of hydrogen-bond donors (Lipinski definition) is 1. The lowest BCUT2D eigenvalue weighted by molar-refractivity contribution is -0.274. The van der Waals surface area contributed by atoms with Crippen molar-refractivity contribution in [1.82, 2.24) is 15.0 Å². The molecule has 2 amide bonds. The number of halogens is 3. The number of aromatic nitrogens is 1. The van der Waals surface area contributed by atoms with Crippen LogP contribution >= 0.6 is 0 Å². The summed E-state index contributed by atoms with van der Waals surface area (Å²) in [6, 6.07) is 11.0. The average Bonchev–Trinajstić information content (AvgIpc) is 3.47. The molecule has 1 saturated carbocycles. The number of para-hydroxylation sites is 1. The molecule has 1 aromatic heterocycles. The van der Waals surface area contributed by atoms with E-state index in [1.54, 1.807) is 29.2 Å². The van der Waals surface area contributed by atoms with Crippen LogP contribution in [0, 0.1) is 5.92 Å². The molecule has 9 nitrogen and oxygen atoms in total. The predicted molar refractivity (Wildman–Crippen MR) is 150 cm³/mol. The fraction of sp³-hybridized carbons (Fsp3) is 0.469. The molecule has 3 aliphatic heterocycles. The smallest absolute Gasteiger partial charge is 0.478 e. The summed E-state index contributed by atoms with van der Waals surface area (Å²) in [5.41, 5.74) is 3.15. The second-order valence-corrected chi connectivity index (χ2v) is 12.2. The molecule has 4 heterocycles. The van der Waals surface area contributed by atoms with Crippen molar-refractivity contribution in [1.29, 1.82) is 0 Å². The first kappa shape index (κ1) is 28.7. The number of fused-ring (bicyclic) bond motifs is 3. The van der Waals surface area contributed by atoms with Crippen LogP contribution in [0.15, 0.2) is 47.0 Å². The van der Waals surface area contributed by atoms with Crippen molar-refractivity contribution < 1.29 is 41.9 Å². The van der Waals surface area contributed by atoms with Crippen LogP contribution in [-0.2, 0) is 24.4 Å². The highest BCUT2D eigenvalue weighted by Gasteiger charge is 2.47. The van der Waals surface area contributed by atoms with Crippen molar-refractivity contribution in [3.05, 3.63) is 70.5 Å². The first-order chi connectivity index (χ1) is 21.2. The molecule has 12 heteroatoms. The van der Waals surface area contributed by atoms with Crippen LogP contribution in [0.25, 0.3) is 11.3 Å². The summed E-state index contributed by atoms with van der Waals surface area (Å²) in [4.78, 5) is 29.0. The number of carboxylic acids is 1. The Morgan fingerprint density at radius 3 is 2.55 bits per heavy atom. The maximum atomic E-state index is 13.8. The molecule has 3 aromatic rings. The first-order valence-corrected chi connectivity index (χ1v) is 15.0. The molecule has 7 rings (SSSR count). The number of carbonyl (C=O) groups excluding carboxylic acids is 1. The number of aromatic carboxylic acids is 1. The zero-order valence-corrected chi connectivity index (χ0v) is 23.9. The molecule has 0 radical (unpaired) electrons. The molecule has 3 unspecified atom stereocenters. The van der Waals surface area contributed by atoms with Crippen molar-refractivity contribution >= 4 is 12.0 Å². The van der Waals surface area contributed by atoms with E-state index in [4.69, 9.17) is 9.26 Å². The third kappa shape index (κ3) is 5.51. The summed E-state index contributed by atoms with van der Waals surface area (Å²) < 4.78 is 55.6. The van der Waals surface area contributed by atoms with Gasteiger partial charge < -0.3 is 28.9 Å². The molecular weight excluding hydrogens is 579 g/mol. The third-order valence-electron chi connectivity index (χ3n) is 9.34. The molecule has 1 aliphatic carbocycles. The van der Waals surface area contributed by atoms with Gasteiger partial charge in [0.05, 0.1) is 18.8 Å². The summed E-state index contributed by atoms with van der Waals surface area (Å²) >= 11 is 0. The van der Waals surface area contributed by atoms with Gasteiger partial charge in [-0.3, -0.25) is 0 Å². The Morgan fingerprint density at radius 1 is 1.00 bits per heavy atom. The van der Waals surface area contributed by atoms with Gasteiger partial charge in [-0.25, -0.2) is 9.59 Å². The molecule has 2 bridgehead atoms. The summed E-state index contributed by atoms with van der Waals surface area (Å²) in [7, 11) is 0. The number of ether oxygens (including phenoxy) is 2. The van der Waals surface area contributed by atoms with Gasteiger partial charge in [-0.1, -0.05) is 23.4 Å². The topological polar surface area (TPSA) is 105 Å². The minimum absolute atomic E-state index is 0.0188. The molecule has 232 valence electrons. The predicted octanol–water partition coefficient (Wildman–Crippen LogP) is 6.71. The number of urea groups is 1. The highest BCUT2D eigenvalue weighted by atomic mass is 19.4. The lowest BCUT2D eigenvalue weighted by Gasteiger charge is -2.41. The second kappa shape index (κ2) is 11.1.